The van der Waals surface area contributed by atoms with E-state index in [4.69, 9.17) is 4.74 Å². The summed E-state index contributed by atoms with van der Waals surface area (Å²) in [4.78, 5) is 52.2. The number of fused-ring (bicyclic) bond motifs is 1. The van der Waals surface area contributed by atoms with Crippen LogP contribution in [0.4, 0.5) is 5.69 Å². The van der Waals surface area contributed by atoms with Crippen LogP contribution in [0.3, 0.4) is 0 Å². The first-order valence-electron chi connectivity index (χ1n) is 10.3. The van der Waals surface area contributed by atoms with Crippen molar-refractivity contribution in [2.24, 2.45) is 0 Å². The molecule has 0 aliphatic carbocycles. The summed E-state index contributed by atoms with van der Waals surface area (Å²) >= 11 is 2.79. The van der Waals surface area contributed by atoms with Gasteiger partial charge in [-0.15, -0.1) is 22.7 Å². The number of aromatic nitrogens is 2. The van der Waals surface area contributed by atoms with E-state index in [2.05, 4.69) is 5.32 Å². The van der Waals surface area contributed by atoms with Crippen molar-refractivity contribution in [3.8, 4) is 0 Å². The SMILES string of the molecule is CCOC(=O)c1ccccc1NC(=O)Cn1c(=O)n(CCc2cccs2)c(=O)c2sccc21. The molecular formula is C23H21N3O5S2. The Hall–Kier alpha value is -3.50. The maximum atomic E-state index is 13.2. The molecule has 4 rings (SSSR count). The monoisotopic (exact) mass is 483 g/mol. The van der Waals surface area contributed by atoms with Crippen molar-refractivity contribution in [2.45, 2.75) is 26.4 Å². The van der Waals surface area contributed by atoms with Gasteiger partial charge in [0.2, 0.25) is 5.91 Å². The molecule has 3 heterocycles. The predicted molar refractivity (Wildman–Crippen MR) is 129 cm³/mol. The van der Waals surface area contributed by atoms with Crippen molar-refractivity contribution < 1.29 is 14.3 Å². The lowest BCUT2D eigenvalue weighted by molar-refractivity contribution is -0.116. The molecule has 0 atom stereocenters. The lowest BCUT2D eigenvalue weighted by atomic mass is 10.2. The second-order valence-corrected chi connectivity index (χ2v) is 9.05. The van der Waals surface area contributed by atoms with Crippen LogP contribution in [0.1, 0.15) is 22.2 Å². The number of amides is 1. The third-order valence-corrected chi connectivity index (χ3v) is 6.82. The molecule has 1 aromatic carbocycles. The zero-order valence-corrected chi connectivity index (χ0v) is 19.4. The van der Waals surface area contributed by atoms with E-state index in [-0.39, 0.29) is 30.8 Å². The molecule has 0 fully saturated rings. The van der Waals surface area contributed by atoms with E-state index < -0.39 is 17.6 Å². The lowest BCUT2D eigenvalue weighted by Crippen LogP contribution is -2.41. The smallest absolute Gasteiger partial charge is 0.340 e. The summed E-state index contributed by atoms with van der Waals surface area (Å²) in [6.07, 6.45) is 0.544. The number of ether oxygens (including phenoxy) is 1. The number of aryl methyl sites for hydroxylation is 1. The molecule has 33 heavy (non-hydrogen) atoms. The van der Waals surface area contributed by atoms with E-state index in [1.165, 1.54) is 20.5 Å². The molecule has 0 spiro atoms. The van der Waals surface area contributed by atoms with Gasteiger partial charge < -0.3 is 10.1 Å². The Morgan fingerprint density at radius 1 is 1.00 bits per heavy atom. The quantitative estimate of drug-likeness (QED) is 0.388. The van der Waals surface area contributed by atoms with Crippen LogP contribution < -0.4 is 16.6 Å². The van der Waals surface area contributed by atoms with Crippen LogP contribution in [0.25, 0.3) is 10.2 Å². The fourth-order valence-electron chi connectivity index (χ4n) is 3.47. The van der Waals surface area contributed by atoms with Gasteiger partial charge >= 0.3 is 11.7 Å². The second kappa shape index (κ2) is 9.97. The summed E-state index contributed by atoms with van der Waals surface area (Å²) < 4.78 is 7.93. The van der Waals surface area contributed by atoms with Gasteiger partial charge in [-0.25, -0.2) is 9.59 Å². The Morgan fingerprint density at radius 3 is 2.58 bits per heavy atom. The maximum absolute atomic E-state index is 13.2. The highest BCUT2D eigenvalue weighted by Gasteiger charge is 2.18. The van der Waals surface area contributed by atoms with Gasteiger partial charge in [0.1, 0.15) is 11.2 Å². The van der Waals surface area contributed by atoms with Crippen LogP contribution in [-0.4, -0.2) is 27.6 Å². The highest BCUT2D eigenvalue weighted by atomic mass is 32.1. The molecule has 1 N–H and O–H groups in total. The minimum absolute atomic E-state index is 0.208. The fourth-order valence-corrected chi connectivity index (χ4v) is 5.01. The lowest BCUT2D eigenvalue weighted by Gasteiger charge is -2.13. The molecule has 0 aliphatic rings. The summed E-state index contributed by atoms with van der Waals surface area (Å²) in [6.45, 7) is 1.83. The van der Waals surface area contributed by atoms with Gasteiger partial charge in [0.05, 0.1) is 23.4 Å². The number of rotatable bonds is 8. The van der Waals surface area contributed by atoms with Crippen LogP contribution in [-0.2, 0) is 29.0 Å². The predicted octanol–water partition coefficient (Wildman–Crippen LogP) is 3.34. The standard InChI is InChI=1S/C23H21N3O5S2/c1-2-31-22(29)16-7-3-4-8-17(16)24-19(27)14-26-18-10-13-33-20(18)21(28)25(23(26)30)11-9-15-6-5-12-32-15/h3-8,10,12-13H,2,9,11,14H2,1H3,(H,24,27). The summed E-state index contributed by atoms with van der Waals surface area (Å²) in [5.74, 6) is -1.04. The first-order valence-corrected chi connectivity index (χ1v) is 12.0. The van der Waals surface area contributed by atoms with E-state index >= 15 is 0 Å². The average Bonchev–Trinajstić information content (AvgIpc) is 3.49. The highest BCUT2D eigenvalue weighted by Crippen LogP contribution is 2.18. The number of anilines is 1. The third kappa shape index (κ3) is 4.81. The van der Waals surface area contributed by atoms with E-state index in [1.807, 2.05) is 17.5 Å². The number of hydrogen-bond donors (Lipinski definition) is 1. The molecule has 1 amide bonds. The van der Waals surface area contributed by atoms with Crippen LogP contribution in [0.2, 0.25) is 0 Å². The average molecular weight is 484 g/mol. The van der Waals surface area contributed by atoms with Crippen molar-refractivity contribution in [1.82, 2.24) is 9.13 Å². The van der Waals surface area contributed by atoms with Gasteiger partial charge in [0.15, 0.2) is 0 Å². The van der Waals surface area contributed by atoms with Crippen LogP contribution >= 0.6 is 22.7 Å². The van der Waals surface area contributed by atoms with E-state index in [1.54, 1.807) is 54.0 Å². The Kier molecular flexibility index (Phi) is 6.85. The van der Waals surface area contributed by atoms with Crippen LogP contribution in [0.5, 0.6) is 0 Å². The van der Waals surface area contributed by atoms with Crippen molar-refractivity contribution in [2.75, 3.05) is 11.9 Å². The number of hydrogen-bond acceptors (Lipinski definition) is 7. The molecule has 0 aliphatic heterocycles. The van der Waals surface area contributed by atoms with Gasteiger partial charge in [-0.2, -0.15) is 0 Å². The second-order valence-electron chi connectivity index (χ2n) is 7.10. The Balaban J connectivity index is 1.63. The molecule has 0 saturated carbocycles. The number of benzene rings is 1. The van der Waals surface area contributed by atoms with E-state index in [0.717, 1.165) is 4.88 Å². The third-order valence-electron chi connectivity index (χ3n) is 5.00. The van der Waals surface area contributed by atoms with Gasteiger partial charge in [-0.3, -0.25) is 18.7 Å². The topological polar surface area (TPSA) is 99.4 Å². The van der Waals surface area contributed by atoms with Gasteiger partial charge in [-0.05, 0) is 48.4 Å². The number of carbonyl (C=O) groups excluding carboxylic acids is 2. The van der Waals surface area contributed by atoms with Crippen molar-refractivity contribution in [3.05, 3.63) is 84.5 Å². The fraction of sp³-hybridized carbons (Fsp3) is 0.217. The normalized spacial score (nSPS) is 10.9. The van der Waals surface area contributed by atoms with Gasteiger partial charge in [0.25, 0.3) is 5.56 Å². The van der Waals surface area contributed by atoms with Crippen molar-refractivity contribution >= 4 is 50.5 Å². The first kappa shape index (κ1) is 22.7. The molecule has 8 nitrogen and oxygen atoms in total. The maximum Gasteiger partial charge on any atom is 0.340 e. The van der Waals surface area contributed by atoms with Gasteiger partial charge in [0, 0.05) is 11.4 Å². The number of nitrogens with one attached hydrogen (secondary N) is 1. The molecule has 170 valence electrons. The zero-order valence-electron chi connectivity index (χ0n) is 17.8. The summed E-state index contributed by atoms with van der Waals surface area (Å²) in [6, 6.07) is 12.0. The molecule has 0 bridgehead atoms. The Morgan fingerprint density at radius 2 is 1.82 bits per heavy atom. The first-order chi connectivity index (χ1) is 16.0. The molecule has 0 unspecified atom stereocenters. The molecule has 4 aromatic rings. The number of nitrogens with zero attached hydrogens (tertiary/aromatic N) is 2. The minimum Gasteiger partial charge on any atom is -0.462 e. The number of para-hydroxylation sites is 1. The highest BCUT2D eigenvalue weighted by molar-refractivity contribution is 7.17. The summed E-state index contributed by atoms with van der Waals surface area (Å²) in [5.41, 5.74) is 0.0292. The van der Waals surface area contributed by atoms with E-state index in [0.29, 0.717) is 22.3 Å². The number of esters is 1. The van der Waals surface area contributed by atoms with E-state index in [9.17, 15) is 19.2 Å². The van der Waals surface area contributed by atoms with Crippen LogP contribution in [0, 0.1) is 0 Å². The van der Waals surface area contributed by atoms with Crippen molar-refractivity contribution in [1.29, 1.82) is 0 Å². The zero-order chi connectivity index (χ0) is 23.4. The molecule has 0 radical (unpaired) electrons. The molecule has 10 heteroatoms. The van der Waals surface area contributed by atoms with Gasteiger partial charge in [-0.1, -0.05) is 18.2 Å². The van der Waals surface area contributed by atoms with Crippen LogP contribution in [0.15, 0.2) is 62.8 Å². The summed E-state index contributed by atoms with van der Waals surface area (Å²) in [5, 5.41) is 6.35. The Bertz CT molecular complexity index is 1420. The largest absolute Gasteiger partial charge is 0.462 e. The molecule has 3 aromatic heterocycles. The summed E-state index contributed by atoms with van der Waals surface area (Å²) in [7, 11) is 0. The Labute approximate surface area is 196 Å². The number of carbonyl (C=O) groups is 2. The molecular weight excluding hydrogens is 462 g/mol. The molecule has 0 saturated heterocycles. The van der Waals surface area contributed by atoms with Crippen molar-refractivity contribution in [3.63, 3.8) is 0 Å². The minimum atomic E-state index is -0.548. The number of thiophene rings is 2.